The average molecular weight is 289 g/mol. The molecule has 1 aliphatic carbocycles. The van der Waals surface area contributed by atoms with Crippen LogP contribution in [0.2, 0.25) is 0 Å². The fourth-order valence-electron chi connectivity index (χ4n) is 3.07. The maximum absolute atomic E-state index is 13.3. The Morgan fingerprint density at radius 2 is 2.05 bits per heavy atom. The summed E-state index contributed by atoms with van der Waals surface area (Å²) in [7, 11) is 0. The van der Waals surface area contributed by atoms with Crippen LogP contribution < -0.4 is 5.73 Å². The van der Waals surface area contributed by atoms with Crippen molar-refractivity contribution in [3.8, 4) is 11.4 Å². The van der Waals surface area contributed by atoms with E-state index in [0.717, 1.165) is 31.2 Å². The van der Waals surface area contributed by atoms with E-state index in [-0.39, 0.29) is 11.2 Å². The van der Waals surface area contributed by atoms with Crippen LogP contribution in [0.4, 0.5) is 4.39 Å². The zero-order valence-electron chi connectivity index (χ0n) is 12.2. The van der Waals surface area contributed by atoms with Crippen LogP contribution >= 0.6 is 0 Å². The minimum absolute atomic E-state index is 0.182. The molecule has 2 N–H and O–H groups in total. The fourth-order valence-corrected chi connectivity index (χ4v) is 3.07. The lowest BCUT2D eigenvalue weighted by Gasteiger charge is -2.32. The second-order valence-electron chi connectivity index (χ2n) is 5.93. The van der Waals surface area contributed by atoms with E-state index < -0.39 is 0 Å². The van der Waals surface area contributed by atoms with E-state index in [1.807, 2.05) is 0 Å². The first-order valence-corrected chi connectivity index (χ1v) is 7.45. The van der Waals surface area contributed by atoms with Crippen molar-refractivity contribution >= 4 is 0 Å². The number of benzene rings is 1. The molecule has 0 spiro atoms. The molecule has 5 heteroatoms. The predicted octanol–water partition coefficient (Wildman–Crippen LogP) is 3.34. The molecule has 2 aromatic rings. The van der Waals surface area contributed by atoms with Gasteiger partial charge in [0.05, 0.1) is 5.41 Å². The van der Waals surface area contributed by atoms with Crippen molar-refractivity contribution in [3.05, 3.63) is 35.5 Å². The first kappa shape index (κ1) is 14.2. The number of aryl methyl sites for hydroxylation is 1. The summed E-state index contributed by atoms with van der Waals surface area (Å²) in [6.07, 6.45) is 5.51. The Bertz CT molecular complexity index is 632. The Balaban J connectivity index is 1.93. The smallest absolute Gasteiger partial charge is 0.234 e. The summed E-state index contributed by atoms with van der Waals surface area (Å²) in [6.45, 7) is 2.25. The molecule has 1 aromatic heterocycles. The highest BCUT2D eigenvalue weighted by atomic mass is 19.1. The minimum atomic E-state index is -0.229. The summed E-state index contributed by atoms with van der Waals surface area (Å²) >= 11 is 0. The summed E-state index contributed by atoms with van der Waals surface area (Å²) in [4.78, 5) is 4.54. The van der Waals surface area contributed by atoms with Gasteiger partial charge in [-0.2, -0.15) is 4.98 Å². The summed E-state index contributed by atoms with van der Waals surface area (Å²) in [6, 6.07) is 4.84. The molecule has 0 radical (unpaired) electrons. The highest BCUT2D eigenvalue weighted by molar-refractivity contribution is 5.55. The summed E-state index contributed by atoms with van der Waals surface area (Å²) in [5, 5.41) is 4.06. The molecule has 1 heterocycles. The number of halogens is 1. The van der Waals surface area contributed by atoms with Crippen molar-refractivity contribution in [2.75, 3.05) is 6.54 Å². The van der Waals surface area contributed by atoms with E-state index in [1.165, 1.54) is 12.5 Å². The van der Waals surface area contributed by atoms with Crippen LogP contribution in [0.3, 0.4) is 0 Å². The SMILES string of the molecule is Cc1cc(-c2noc(C3(CN)CCCCC3)n2)ccc1F. The summed E-state index contributed by atoms with van der Waals surface area (Å²) in [5.41, 5.74) is 7.15. The van der Waals surface area contributed by atoms with E-state index in [1.54, 1.807) is 19.1 Å². The summed E-state index contributed by atoms with van der Waals surface area (Å²) in [5.74, 6) is 0.904. The molecular formula is C16H20FN3O. The Hall–Kier alpha value is -1.75. The van der Waals surface area contributed by atoms with E-state index in [0.29, 0.717) is 23.8 Å². The molecule has 4 nitrogen and oxygen atoms in total. The molecule has 0 amide bonds. The molecule has 1 saturated carbocycles. The van der Waals surface area contributed by atoms with Crippen molar-refractivity contribution in [1.29, 1.82) is 0 Å². The van der Waals surface area contributed by atoms with Crippen molar-refractivity contribution in [3.63, 3.8) is 0 Å². The highest BCUT2D eigenvalue weighted by Crippen LogP contribution is 2.38. The molecule has 1 aliphatic rings. The molecule has 112 valence electrons. The number of hydrogen-bond acceptors (Lipinski definition) is 4. The van der Waals surface area contributed by atoms with Gasteiger partial charge in [-0.05, 0) is 43.5 Å². The second-order valence-corrected chi connectivity index (χ2v) is 5.93. The van der Waals surface area contributed by atoms with Gasteiger partial charge in [0.1, 0.15) is 5.82 Å². The lowest BCUT2D eigenvalue weighted by Crippen LogP contribution is -2.37. The third-order valence-electron chi connectivity index (χ3n) is 4.50. The number of nitrogens with two attached hydrogens (primary N) is 1. The van der Waals surface area contributed by atoms with Crippen LogP contribution in [0.25, 0.3) is 11.4 Å². The molecule has 1 fully saturated rings. The molecular weight excluding hydrogens is 269 g/mol. The third-order valence-corrected chi connectivity index (χ3v) is 4.50. The zero-order valence-corrected chi connectivity index (χ0v) is 12.2. The normalized spacial score (nSPS) is 17.9. The van der Waals surface area contributed by atoms with Crippen molar-refractivity contribution in [1.82, 2.24) is 10.1 Å². The quantitative estimate of drug-likeness (QED) is 0.941. The van der Waals surface area contributed by atoms with E-state index >= 15 is 0 Å². The van der Waals surface area contributed by atoms with E-state index in [4.69, 9.17) is 10.3 Å². The lowest BCUT2D eigenvalue weighted by molar-refractivity contribution is 0.220. The fraction of sp³-hybridized carbons (Fsp3) is 0.500. The second kappa shape index (κ2) is 5.56. The Morgan fingerprint density at radius 1 is 1.29 bits per heavy atom. The van der Waals surface area contributed by atoms with Gasteiger partial charge in [-0.1, -0.05) is 24.4 Å². The first-order chi connectivity index (χ1) is 10.1. The lowest BCUT2D eigenvalue weighted by atomic mass is 9.74. The maximum Gasteiger partial charge on any atom is 0.234 e. The monoisotopic (exact) mass is 289 g/mol. The molecule has 3 rings (SSSR count). The van der Waals surface area contributed by atoms with Gasteiger partial charge in [-0.25, -0.2) is 4.39 Å². The predicted molar refractivity (Wildman–Crippen MR) is 78.2 cm³/mol. The Morgan fingerprint density at radius 3 is 2.71 bits per heavy atom. The van der Waals surface area contributed by atoms with E-state index in [2.05, 4.69) is 10.1 Å². The molecule has 0 saturated heterocycles. The van der Waals surface area contributed by atoms with Crippen LogP contribution in [0, 0.1) is 12.7 Å². The van der Waals surface area contributed by atoms with Gasteiger partial charge < -0.3 is 10.3 Å². The van der Waals surface area contributed by atoms with Gasteiger partial charge in [0.25, 0.3) is 0 Å². The van der Waals surface area contributed by atoms with Crippen LogP contribution in [-0.2, 0) is 5.41 Å². The number of nitrogens with zero attached hydrogens (tertiary/aromatic N) is 2. The molecule has 0 aliphatic heterocycles. The standard InChI is InChI=1S/C16H20FN3O/c1-11-9-12(5-6-13(11)17)14-19-15(21-20-14)16(10-18)7-3-2-4-8-16/h5-6,9H,2-4,7-8,10,18H2,1H3. The minimum Gasteiger partial charge on any atom is -0.338 e. The molecule has 1 aromatic carbocycles. The van der Waals surface area contributed by atoms with Gasteiger partial charge in [-0.3, -0.25) is 0 Å². The number of aromatic nitrogens is 2. The van der Waals surface area contributed by atoms with Crippen LogP contribution in [0.5, 0.6) is 0 Å². The van der Waals surface area contributed by atoms with Gasteiger partial charge in [0, 0.05) is 12.1 Å². The number of hydrogen-bond donors (Lipinski definition) is 1. The molecule has 0 unspecified atom stereocenters. The van der Waals surface area contributed by atoms with Gasteiger partial charge >= 0.3 is 0 Å². The topological polar surface area (TPSA) is 64.9 Å². The summed E-state index contributed by atoms with van der Waals surface area (Å²) < 4.78 is 18.8. The molecule has 21 heavy (non-hydrogen) atoms. The molecule has 0 atom stereocenters. The van der Waals surface area contributed by atoms with Gasteiger partial charge in [0.15, 0.2) is 0 Å². The third kappa shape index (κ3) is 2.58. The van der Waals surface area contributed by atoms with Crippen molar-refractivity contribution < 1.29 is 8.91 Å². The highest BCUT2D eigenvalue weighted by Gasteiger charge is 2.38. The average Bonchev–Trinajstić information content (AvgIpc) is 3.01. The first-order valence-electron chi connectivity index (χ1n) is 7.45. The van der Waals surface area contributed by atoms with E-state index in [9.17, 15) is 4.39 Å². The number of rotatable bonds is 3. The maximum atomic E-state index is 13.3. The largest absolute Gasteiger partial charge is 0.338 e. The molecule has 0 bridgehead atoms. The van der Waals surface area contributed by atoms with Crippen LogP contribution in [0.1, 0.15) is 43.6 Å². The Labute approximate surface area is 123 Å². The zero-order chi connectivity index (χ0) is 14.9. The Kier molecular flexibility index (Phi) is 3.76. The van der Waals surface area contributed by atoms with Gasteiger partial charge in [-0.15, -0.1) is 0 Å². The van der Waals surface area contributed by atoms with Crippen molar-refractivity contribution in [2.45, 2.75) is 44.4 Å². The van der Waals surface area contributed by atoms with Crippen LogP contribution in [-0.4, -0.2) is 16.7 Å². The van der Waals surface area contributed by atoms with Gasteiger partial charge in [0.2, 0.25) is 11.7 Å². The van der Waals surface area contributed by atoms with Crippen LogP contribution in [0.15, 0.2) is 22.7 Å². The van der Waals surface area contributed by atoms with Crippen molar-refractivity contribution in [2.24, 2.45) is 5.73 Å².